The van der Waals surface area contributed by atoms with Crippen molar-refractivity contribution in [1.82, 2.24) is 25.6 Å². The van der Waals surface area contributed by atoms with Gasteiger partial charge in [-0.1, -0.05) is 24.1 Å². The quantitative estimate of drug-likeness (QED) is 0.734. The summed E-state index contributed by atoms with van der Waals surface area (Å²) in [5.41, 5.74) is 1.68. The van der Waals surface area contributed by atoms with Crippen molar-refractivity contribution in [2.45, 2.75) is 57.7 Å². The number of piperazine rings is 1. The van der Waals surface area contributed by atoms with Crippen molar-refractivity contribution in [3.63, 3.8) is 0 Å². The third-order valence-corrected chi connectivity index (χ3v) is 6.95. The fourth-order valence-corrected chi connectivity index (χ4v) is 5.02. The van der Waals surface area contributed by atoms with Gasteiger partial charge in [-0.2, -0.15) is 0 Å². The minimum Gasteiger partial charge on any atom is -0.354 e. The molecule has 2 saturated heterocycles. The summed E-state index contributed by atoms with van der Waals surface area (Å²) in [6.45, 7) is 5.34. The number of nitrogens with zero attached hydrogens (tertiary/aromatic N) is 4. The number of fused-ring (bicyclic) bond motifs is 1. The molecule has 5 rings (SSSR count). The van der Waals surface area contributed by atoms with Crippen molar-refractivity contribution in [3.8, 4) is 0 Å². The molecular formula is C23H30N6O4. The zero-order chi connectivity index (χ0) is 22.9. The van der Waals surface area contributed by atoms with E-state index in [4.69, 9.17) is 4.52 Å². The van der Waals surface area contributed by atoms with Gasteiger partial charge in [-0.3, -0.25) is 19.9 Å². The molecule has 176 valence electrons. The van der Waals surface area contributed by atoms with E-state index >= 15 is 0 Å². The van der Waals surface area contributed by atoms with Crippen molar-refractivity contribution < 1.29 is 18.9 Å². The second-order valence-corrected chi connectivity index (χ2v) is 9.29. The summed E-state index contributed by atoms with van der Waals surface area (Å²) in [5.74, 6) is 0.146. The molecule has 3 aliphatic rings. The minimum absolute atomic E-state index is 0.0576. The first-order valence-electron chi connectivity index (χ1n) is 11.8. The van der Waals surface area contributed by atoms with Crippen molar-refractivity contribution in [3.05, 3.63) is 23.8 Å². The number of hydrogen-bond donors (Lipinski definition) is 2. The molecule has 3 heterocycles. The highest BCUT2D eigenvalue weighted by molar-refractivity contribution is 6.08. The summed E-state index contributed by atoms with van der Waals surface area (Å²) in [4.78, 5) is 42.1. The molecule has 1 aliphatic carbocycles. The number of amides is 5. The van der Waals surface area contributed by atoms with Gasteiger partial charge in [0.2, 0.25) is 5.91 Å². The van der Waals surface area contributed by atoms with E-state index in [1.807, 2.05) is 23.1 Å². The number of anilines is 1. The van der Waals surface area contributed by atoms with Crippen molar-refractivity contribution >= 4 is 34.8 Å². The largest absolute Gasteiger partial charge is 0.354 e. The Morgan fingerprint density at radius 3 is 2.79 bits per heavy atom. The summed E-state index contributed by atoms with van der Waals surface area (Å²) < 4.78 is 5.42. The van der Waals surface area contributed by atoms with Gasteiger partial charge in [0.05, 0.1) is 5.39 Å². The lowest BCUT2D eigenvalue weighted by Crippen LogP contribution is -2.56. The van der Waals surface area contributed by atoms with Crippen LogP contribution in [0.2, 0.25) is 0 Å². The smallest absolute Gasteiger partial charge is 0.329 e. The van der Waals surface area contributed by atoms with Gasteiger partial charge in [0.1, 0.15) is 0 Å². The van der Waals surface area contributed by atoms with Gasteiger partial charge < -0.3 is 14.7 Å². The van der Waals surface area contributed by atoms with Crippen LogP contribution in [-0.2, 0) is 11.3 Å². The van der Waals surface area contributed by atoms with Gasteiger partial charge in [0.25, 0.3) is 0 Å². The summed E-state index contributed by atoms with van der Waals surface area (Å²) >= 11 is 0. The van der Waals surface area contributed by atoms with Gasteiger partial charge in [-0.25, -0.2) is 9.59 Å². The number of benzene rings is 1. The summed E-state index contributed by atoms with van der Waals surface area (Å²) in [7, 11) is 0. The van der Waals surface area contributed by atoms with E-state index < -0.39 is 6.03 Å². The predicted octanol–water partition coefficient (Wildman–Crippen LogP) is 2.43. The summed E-state index contributed by atoms with van der Waals surface area (Å²) in [6, 6.07) is 6.00. The second kappa shape index (κ2) is 9.01. The lowest BCUT2D eigenvalue weighted by Gasteiger charge is -2.40. The minimum atomic E-state index is -0.479. The van der Waals surface area contributed by atoms with Crippen LogP contribution < -0.4 is 15.5 Å². The van der Waals surface area contributed by atoms with Gasteiger partial charge in [0.15, 0.2) is 11.4 Å². The maximum atomic E-state index is 12.6. The number of urea groups is 2. The van der Waals surface area contributed by atoms with Crippen LogP contribution in [0, 0.1) is 0 Å². The zero-order valence-electron chi connectivity index (χ0n) is 18.9. The maximum Gasteiger partial charge on any atom is 0.329 e. The highest BCUT2D eigenvalue weighted by Crippen LogP contribution is 2.29. The third-order valence-electron chi connectivity index (χ3n) is 6.95. The van der Waals surface area contributed by atoms with Gasteiger partial charge in [-0.15, -0.1) is 0 Å². The van der Waals surface area contributed by atoms with E-state index in [0.29, 0.717) is 30.5 Å². The fraction of sp³-hybridized carbons (Fsp3) is 0.565. The van der Waals surface area contributed by atoms with Crippen LogP contribution in [0.4, 0.5) is 15.4 Å². The highest BCUT2D eigenvalue weighted by Gasteiger charge is 2.30. The monoisotopic (exact) mass is 454 g/mol. The third kappa shape index (κ3) is 4.52. The Hall–Kier alpha value is -3.14. The molecular weight excluding hydrogens is 424 g/mol. The molecule has 10 nitrogen and oxygen atoms in total. The molecule has 1 atom stereocenters. The molecule has 1 aromatic carbocycles. The predicted molar refractivity (Wildman–Crippen MR) is 122 cm³/mol. The molecule has 0 radical (unpaired) electrons. The highest BCUT2D eigenvalue weighted by atomic mass is 16.5. The zero-order valence-corrected chi connectivity index (χ0v) is 18.9. The van der Waals surface area contributed by atoms with Crippen molar-refractivity contribution in [2.24, 2.45) is 0 Å². The van der Waals surface area contributed by atoms with E-state index in [2.05, 4.69) is 27.6 Å². The van der Waals surface area contributed by atoms with E-state index in [9.17, 15) is 14.4 Å². The molecule has 5 amide bonds. The van der Waals surface area contributed by atoms with Crippen LogP contribution in [0.15, 0.2) is 22.7 Å². The number of aromatic nitrogens is 1. The number of rotatable bonds is 4. The number of nitrogens with one attached hydrogen (secondary N) is 2. The van der Waals surface area contributed by atoms with Crippen LogP contribution in [0.25, 0.3) is 11.0 Å². The van der Waals surface area contributed by atoms with Gasteiger partial charge in [0, 0.05) is 51.2 Å². The van der Waals surface area contributed by atoms with Crippen LogP contribution in [0.3, 0.4) is 0 Å². The van der Waals surface area contributed by atoms with Crippen LogP contribution in [0.1, 0.15) is 44.6 Å². The summed E-state index contributed by atoms with van der Waals surface area (Å²) in [6.07, 6.45) is 4.81. The molecule has 0 spiro atoms. The Morgan fingerprint density at radius 2 is 2.03 bits per heavy atom. The Kier molecular flexibility index (Phi) is 5.92. The summed E-state index contributed by atoms with van der Waals surface area (Å²) in [5, 5.41) is 10.3. The standard InChI is InChI=1S/C23H30N6O4/c1-15-13-28(22(31)24-17-4-2-3-5-17)11-10-27(15)14-16-6-7-19-18(12-16)21(26-33-19)29-9-8-20(30)25-23(29)32/h6-7,12,15,17H,2-5,8-11,13-14H2,1H3,(H,24,31)(H,25,30,32)/t15-/m1/s1. The molecule has 0 bridgehead atoms. The molecule has 1 aromatic heterocycles. The molecule has 2 N–H and O–H groups in total. The van der Waals surface area contributed by atoms with Crippen molar-refractivity contribution in [2.75, 3.05) is 31.1 Å². The van der Waals surface area contributed by atoms with E-state index in [0.717, 1.165) is 36.9 Å². The van der Waals surface area contributed by atoms with Crippen LogP contribution >= 0.6 is 0 Å². The fourth-order valence-electron chi connectivity index (χ4n) is 5.02. The lowest BCUT2D eigenvalue weighted by molar-refractivity contribution is -0.120. The molecule has 2 aromatic rings. The maximum absolute atomic E-state index is 12.6. The molecule has 0 unspecified atom stereocenters. The molecule has 2 aliphatic heterocycles. The average Bonchev–Trinajstić information content (AvgIpc) is 3.45. The topological polar surface area (TPSA) is 111 Å². The SMILES string of the molecule is C[C@@H]1CN(C(=O)NC2CCCC2)CCN1Cc1ccc2onc(N3CCC(=O)NC3=O)c2c1. The van der Waals surface area contributed by atoms with Crippen molar-refractivity contribution in [1.29, 1.82) is 0 Å². The Bertz CT molecular complexity index is 1060. The second-order valence-electron chi connectivity index (χ2n) is 9.29. The first-order chi connectivity index (χ1) is 16.0. The number of carbonyl (C=O) groups is 3. The first kappa shape index (κ1) is 21.7. The Balaban J connectivity index is 1.24. The Morgan fingerprint density at radius 1 is 1.21 bits per heavy atom. The normalized spacial score (nSPS) is 22.8. The number of imide groups is 1. The molecule has 1 saturated carbocycles. The molecule has 33 heavy (non-hydrogen) atoms. The van der Waals surface area contributed by atoms with E-state index in [-0.39, 0.29) is 30.9 Å². The van der Waals surface area contributed by atoms with Gasteiger partial charge in [-0.05, 0) is 37.5 Å². The first-order valence-corrected chi connectivity index (χ1v) is 11.8. The van der Waals surface area contributed by atoms with Gasteiger partial charge >= 0.3 is 12.1 Å². The van der Waals surface area contributed by atoms with E-state index in [1.54, 1.807) is 0 Å². The number of hydrogen-bond acceptors (Lipinski definition) is 6. The Labute approximate surface area is 192 Å². The average molecular weight is 455 g/mol. The molecule has 3 fully saturated rings. The molecule has 10 heteroatoms. The van der Waals surface area contributed by atoms with E-state index in [1.165, 1.54) is 17.7 Å². The van der Waals surface area contributed by atoms with Crippen LogP contribution in [0.5, 0.6) is 0 Å². The van der Waals surface area contributed by atoms with Crippen LogP contribution in [-0.4, -0.2) is 71.2 Å². The number of carbonyl (C=O) groups excluding carboxylic acids is 3. The lowest BCUT2D eigenvalue weighted by atomic mass is 10.1.